The van der Waals surface area contributed by atoms with E-state index in [4.69, 9.17) is 4.74 Å². The molecule has 1 aromatic carbocycles. The van der Waals surface area contributed by atoms with Crippen molar-refractivity contribution in [2.45, 2.75) is 26.2 Å². The maximum atomic E-state index is 13.6. The number of hydrogen-bond acceptors (Lipinski definition) is 4. The fourth-order valence-electron chi connectivity index (χ4n) is 5.97. The van der Waals surface area contributed by atoms with Crippen LogP contribution in [0, 0.1) is 22.5 Å². The van der Waals surface area contributed by atoms with Gasteiger partial charge in [-0.05, 0) is 38.3 Å². The van der Waals surface area contributed by atoms with Crippen molar-refractivity contribution in [3.8, 4) is 0 Å². The summed E-state index contributed by atoms with van der Waals surface area (Å²) in [4.78, 5) is 32.3. The van der Waals surface area contributed by atoms with Crippen LogP contribution in [0.3, 0.4) is 0 Å². The zero-order valence-electron chi connectivity index (χ0n) is 18.3. The molecular weight excluding hydrogens is 404 g/mol. The molecular formula is C23H31F2N3O3. The monoisotopic (exact) mass is 435 g/mol. The highest BCUT2D eigenvalue weighted by molar-refractivity contribution is 5.94. The van der Waals surface area contributed by atoms with E-state index in [9.17, 15) is 18.4 Å². The average Bonchev–Trinajstić information content (AvgIpc) is 3.23. The number of ether oxygens (including phenoxy) is 1. The van der Waals surface area contributed by atoms with Gasteiger partial charge in [-0.15, -0.1) is 0 Å². The number of fused-ring (bicyclic) bond motifs is 1. The Morgan fingerprint density at radius 3 is 2.32 bits per heavy atom. The van der Waals surface area contributed by atoms with Crippen LogP contribution >= 0.6 is 0 Å². The molecule has 3 fully saturated rings. The molecule has 0 bridgehead atoms. The first-order valence-corrected chi connectivity index (χ1v) is 11.1. The molecule has 6 nitrogen and oxygen atoms in total. The van der Waals surface area contributed by atoms with Gasteiger partial charge in [-0.1, -0.05) is 0 Å². The Hall–Kier alpha value is -2.06. The highest BCUT2D eigenvalue weighted by atomic mass is 19.1. The topological polar surface area (TPSA) is 53.1 Å². The van der Waals surface area contributed by atoms with Gasteiger partial charge in [0.2, 0.25) is 5.91 Å². The lowest BCUT2D eigenvalue weighted by molar-refractivity contribution is -0.141. The summed E-state index contributed by atoms with van der Waals surface area (Å²) in [5.74, 6) is -1.63. The summed E-state index contributed by atoms with van der Waals surface area (Å²) >= 11 is 0. The van der Waals surface area contributed by atoms with Crippen LogP contribution < -0.4 is 0 Å². The lowest BCUT2D eigenvalue weighted by atomic mass is 9.60. The number of carbonyl (C=O) groups excluding carboxylic acids is 2. The van der Waals surface area contributed by atoms with Crippen LogP contribution in [0.1, 0.15) is 36.5 Å². The van der Waals surface area contributed by atoms with E-state index in [1.54, 1.807) is 12.0 Å². The van der Waals surface area contributed by atoms with Crippen molar-refractivity contribution in [3.63, 3.8) is 0 Å². The van der Waals surface area contributed by atoms with Crippen molar-refractivity contribution < 1.29 is 23.1 Å². The van der Waals surface area contributed by atoms with Crippen molar-refractivity contribution in [2.75, 3.05) is 59.5 Å². The van der Waals surface area contributed by atoms with E-state index in [1.165, 1.54) is 0 Å². The number of carbonyl (C=O) groups is 2. The number of benzene rings is 1. The molecule has 3 heterocycles. The first-order valence-electron chi connectivity index (χ1n) is 11.1. The smallest absolute Gasteiger partial charge is 0.254 e. The molecule has 0 radical (unpaired) electrons. The summed E-state index contributed by atoms with van der Waals surface area (Å²) in [6.45, 7) is 7.42. The van der Waals surface area contributed by atoms with Gasteiger partial charge in [0.15, 0.2) is 0 Å². The van der Waals surface area contributed by atoms with Crippen LogP contribution in [0.25, 0.3) is 0 Å². The molecule has 1 unspecified atom stereocenters. The third-order valence-electron chi connectivity index (χ3n) is 7.65. The quantitative estimate of drug-likeness (QED) is 0.713. The lowest BCUT2D eigenvalue weighted by Crippen LogP contribution is -2.53. The minimum absolute atomic E-state index is 0.0328. The van der Waals surface area contributed by atoms with Crippen LogP contribution in [0.15, 0.2) is 18.2 Å². The Labute approximate surface area is 182 Å². The molecule has 2 spiro atoms. The molecule has 2 amide bonds. The Kier molecular flexibility index (Phi) is 6.05. The molecule has 170 valence electrons. The van der Waals surface area contributed by atoms with Crippen LogP contribution in [-0.2, 0) is 9.53 Å². The van der Waals surface area contributed by atoms with Gasteiger partial charge in [-0.3, -0.25) is 14.5 Å². The largest absolute Gasteiger partial charge is 0.383 e. The van der Waals surface area contributed by atoms with E-state index >= 15 is 0 Å². The number of nitrogens with zero attached hydrogens (tertiary/aromatic N) is 3. The fourth-order valence-corrected chi connectivity index (χ4v) is 5.97. The normalized spacial score (nSPS) is 25.9. The van der Waals surface area contributed by atoms with Crippen molar-refractivity contribution in [2.24, 2.45) is 10.8 Å². The zero-order valence-corrected chi connectivity index (χ0v) is 18.3. The van der Waals surface area contributed by atoms with Gasteiger partial charge in [0.25, 0.3) is 5.91 Å². The Morgan fingerprint density at radius 2 is 1.74 bits per heavy atom. The number of amides is 2. The molecule has 0 aliphatic carbocycles. The molecule has 8 heteroatoms. The van der Waals surface area contributed by atoms with Crippen molar-refractivity contribution in [1.82, 2.24) is 14.7 Å². The molecule has 31 heavy (non-hydrogen) atoms. The number of hydrogen-bond donors (Lipinski definition) is 0. The molecule has 1 aromatic rings. The van der Waals surface area contributed by atoms with Gasteiger partial charge in [0.1, 0.15) is 11.6 Å². The first-order chi connectivity index (χ1) is 14.8. The maximum Gasteiger partial charge on any atom is 0.254 e. The summed E-state index contributed by atoms with van der Waals surface area (Å²) in [7, 11) is 1.68. The Balaban J connectivity index is 1.54. The van der Waals surface area contributed by atoms with E-state index in [0.29, 0.717) is 39.1 Å². The zero-order chi connectivity index (χ0) is 22.2. The molecule has 0 N–H and O–H groups in total. The molecule has 0 saturated carbocycles. The number of halogens is 2. The molecule has 3 aliphatic rings. The third kappa shape index (κ3) is 3.74. The van der Waals surface area contributed by atoms with E-state index in [-0.39, 0.29) is 22.8 Å². The fraction of sp³-hybridized carbons (Fsp3) is 0.652. The average molecular weight is 436 g/mol. The summed E-state index contributed by atoms with van der Waals surface area (Å²) < 4.78 is 32.4. The van der Waals surface area contributed by atoms with Gasteiger partial charge in [-0.2, -0.15) is 0 Å². The third-order valence-corrected chi connectivity index (χ3v) is 7.65. The van der Waals surface area contributed by atoms with Gasteiger partial charge in [0.05, 0.1) is 12.0 Å². The SMILES string of the molecule is CCN1CCC2(CN(CCOC)CC23CCN(C(=O)c2cc(F)cc(F)c2)CC3)C1=O. The summed E-state index contributed by atoms with van der Waals surface area (Å²) in [6.07, 6.45) is 2.26. The van der Waals surface area contributed by atoms with Crippen LogP contribution in [-0.4, -0.2) is 86.0 Å². The van der Waals surface area contributed by atoms with Crippen molar-refractivity contribution >= 4 is 11.8 Å². The van der Waals surface area contributed by atoms with E-state index in [2.05, 4.69) is 4.90 Å². The Bertz CT molecular complexity index is 836. The number of likely N-dealkylation sites (tertiary alicyclic amines) is 3. The predicted molar refractivity (Wildman–Crippen MR) is 112 cm³/mol. The van der Waals surface area contributed by atoms with Crippen molar-refractivity contribution in [3.05, 3.63) is 35.4 Å². The molecule has 1 atom stereocenters. The van der Waals surface area contributed by atoms with Crippen LogP contribution in [0.5, 0.6) is 0 Å². The second-order valence-corrected chi connectivity index (χ2v) is 9.15. The van der Waals surface area contributed by atoms with Crippen molar-refractivity contribution in [1.29, 1.82) is 0 Å². The standard InChI is InChI=1S/C23H31F2N3O3/c1-3-27-9-6-23(21(27)30)16-26(10-11-31-2)15-22(23)4-7-28(8-5-22)20(29)17-12-18(24)14-19(25)13-17/h12-14H,3-11,15-16H2,1-2H3. The second kappa shape index (κ2) is 8.47. The molecule has 0 aromatic heterocycles. The number of piperidine rings is 1. The summed E-state index contributed by atoms with van der Waals surface area (Å²) in [5, 5.41) is 0. The summed E-state index contributed by atoms with van der Waals surface area (Å²) in [6, 6.07) is 2.93. The van der Waals surface area contributed by atoms with Gasteiger partial charge < -0.3 is 14.5 Å². The lowest BCUT2D eigenvalue weighted by Gasteiger charge is -2.47. The minimum atomic E-state index is -0.753. The summed E-state index contributed by atoms with van der Waals surface area (Å²) in [5.41, 5.74) is -0.576. The maximum absolute atomic E-state index is 13.6. The second-order valence-electron chi connectivity index (χ2n) is 9.15. The van der Waals surface area contributed by atoms with E-state index in [0.717, 1.165) is 50.8 Å². The first kappa shape index (κ1) is 22.1. The van der Waals surface area contributed by atoms with Gasteiger partial charge in [-0.25, -0.2) is 8.78 Å². The molecule has 3 aliphatic heterocycles. The predicted octanol–water partition coefficient (Wildman–Crippen LogP) is 2.39. The number of methoxy groups -OCH3 is 1. The number of rotatable bonds is 5. The van der Waals surface area contributed by atoms with Crippen LogP contribution in [0.2, 0.25) is 0 Å². The van der Waals surface area contributed by atoms with Gasteiger partial charge >= 0.3 is 0 Å². The van der Waals surface area contributed by atoms with Crippen LogP contribution in [0.4, 0.5) is 8.78 Å². The van der Waals surface area contributed by atoms with E-state index < -0.39 is 17.0 Å². The van der Waals surface area contributed by atoms with E-state index in [1.807, 2.05) is 11.8 Å². The molecule has 3 saturated heterocycles. The minimum Gasteiger partial charge on any atom is -0.383 e. The highest BCUT2D eigenvalue weighted by Gasteiger charge is 2.64. The molecule has 4 rings (SSSR count). The Morgan fingerprint density at radius 1 is 1.06 bits per heavy atom. The van der Waals surface area contributed by atoms with Gasteiger partial charge in [0, 0.05) is 70.0 Å². The highest BCUT2D eigenvalue weighted by Crippen LogP contribution is 2.57.